The highest BCUT2D eigenvalue weighted by Gasteiger charge is 2.15. The zero-order chi connectivity index (χ0) is 13.5. The second kappa shape index (κ2) is 7.01. The number of carbonyl (C=O) groups excluding carboxylic acids is 2. The summed E-state index contributed by atoms with van der Waals surface area (Å²) in [6.07, 6.45) is 0.170. The third kappa shape index (κ3) is 4.37. The molecule has 1 aromatic rings. The van der Waals surface area contributed by atoms with Crippen LogP contribution < -0.4 is 10.6 Å². The van der Waals surface area contributed by atoms with Crippen molar-refractivity contribution in [2.75, 3.05) is 6.54 Å². The molecule has 4 nitrogen and oxygen atoms in total. The Balaban J connectivity index is 2.52. The zero-order valence-corrected chi connectivity index (χ0v) is 11.3. The van der Waals surface area contributed by atoms with Crippen LogP contribution in [0.25, 0.3) is 0 Å². The first-order valence-corrected chi connectivity index (χ1v) is 6.23. The number of benzene rings is 1. The van der Waals surface area contributed by atoms with Gasteiger partial charge in [-0.2, -0.15) is 0 Å². The Kier molecular flexibility index (Phi) is 5.65. The molecule has 2 N–H and O–H groups in total. The summed E-state index contributed by atoms with van der Waals surface area (Å²) in [6, 6.07) is 6.61. The fourth-order valence-corrected chi connectivity index (χ4v) is 1.70. The van der Waals surface area contributed by atoms with Gasteiger partial charge in [0.15, 0.2) is 0 Å². The lowest BCUT2D eigenvalue weighted by Crippen LogP contribution is -2.45. The maximum Gasteiger partial charge on any atom is 0.242 e. The minimum absolute atomic E-state index is 0.170. The Labute approximate surface area is 112 Å². The fourth-order valence-electron chi connectivity index (χ4n) is 1.50. The summed E-state index contributed by atoms with van der Waals surface area (Å²) in [5.41, 5.74) is 0.750. The predicted molar refractivity (Wildman–Crippen MR) is 71.4 cm³/mol. The molecule has 0 unspecified atom stereocenters. The van der Waals surface area contributed by atoms with Crippen LogP contribution in [0.2, 0.25) is 5.02 Å². The van der Waals surface area contributed by atoms with Crippen LogP contribution in [-0.4, -0.2) is 24.4 Å². The van der Waals surface area contributed by atoms with Crippen LogP contribution >= 0.6 is 11.6 Å². The van der Waals surface area contributed by atoms with Crippen molar-refractivity contribution in [1.82, 2.24) is 10.6 Å². The van der Waals surface area contributed by atoms with E-state index in [1.165, 1.54) is 0 Å². The van der Waals surface area contributed by atoms with E-state index in [4.69, 9.17) is 11.6 Å². The third-order valence-corrected chi connectivity index (χ3v) is 2.80. The first-order chi connectivity index (χ1) is 8.54. The van der Waals surface area contributed by atoms with Crippen molar-refractivity contribution in [2.45, 2.75) is 26.3 Å². The van der Waals surface area contributed by atoms with E-state index in [9.17, 15) is 9.59 Å². The van der Waals surface area contributed by atoms with Crippen LogP contribution in [0.5, 0.6) is 0 Å². The molecule has 0 aromatic heterocycles. The van der Waals surface area contributed by atoms with Crippen LogP contribution in [-0.2, 0) is 16.0 Å². The van der Waals surface area contributed by atoms with Crippen molar-refractivity contribution in [2.24, 2.45) is 0 Å². The van der Waals surface area contributed by atoms with Gasteiger partial charge in [-0.1, -0.05) is 29.8 Å². The molecule has 0 bridgehead atoms. The van der Waals surface area contributed by atoms with Crippen molar-refractivity contribution in [3.63, 3.8) is 0 Å². The first-order valence-electron chi connectivity index (χ1n) is 5.85. The molecule has 98 valence electrons. The molecule has 0 saturated carbocycles. The molecule has 0 saturated heterocycles. The molecule has 0 aliphatic heterocycles. The van der Waals surface area contributed by atoms with Gasteiger partial charge in [0.2, 0.25) is 11.8 Å². The van der Waals surface area contributed by atoms with E-state index in [1.807, 2.05) is 13.0 Å². The largest absolute Gasteiger partial charge is 0.355 e. The van der Waals surface area contributed by atoms with Gasteiger partial charge in [0.25, 0.3) is 0 Å². The van der Waals surface area contributed by atoms with Gasteiger partial charge in [0.1, 0.15) is 6.04 Å². The number of hydrogen-bond donors (Lipinski definition) is 2. The average molecular weight is 269 g/mol. The summed E-state index contributed by atoms with van der Waals surface area (Å²) in [5.74, 6) is -0.410. The quantitative estimate of drug-likeness (QED) is 0.851. The Morgan fingerprint density at radius 2 is 2.00 bits per heavy atom. The van der Waals surface area contributed by atoms with Crippen molar-refractivity contribution in [3.05, 3.63) is 34.9 Å². The van der Waals surface area contributed by atoms with E-state index in [-0.39, 0.29) is 18.2 Å². The van der Waals surface area contributed by atoms with Gasteiger partial charge < -0.3 is 10.6 Å². The maximum atomic E-state index is 11.7. The molecular formula is C13H17ClN2O2. The number of carbonyl (C=O) groups is 2. The molecule has 0 spiro atoms. The van der Waals surface area contributed by atoms with Gasteiger partial charge in [-0.3, -0.25) is 9.59 Å². The number of nitrogens with one attached hydrogen (secondary N) is 2. The van der Waals surface area contributed by atoms with Crippen molar-refractivity contribution >= 4 is 23.4 Å². The van der Waals surface area contributed by atoms with E-state index in [1.54, 1.807) is 25.1 Å². The molecule has 18 heavy (non-hydrogen) atoms. The Hall–Kier alpha value is -1.55. The molecular weight excluding hydrogens is 252 g/mol. The third-order valence-electron chi connectivity index (χ3n) is 2.43. The predicted octanol–water partition coefficient (Wildman–Crippen LogP) is 1.52. The van der Waals surface area contributed by atoms with Crippen LogP contribution in [0, 0.1) is 0 Å². The van der Waals surface area contributed by atoms with Gasteiger partial charge in [-0.25, -0.2) is 0 Å². The van der Waals surface area contributed by atoms with E-state index in [0.717, 1.165) is 5.56 Å². The Bertz CT molecular complexity index is 435. The summed E-state index contributed by atoms with van der Waals surface area (Å²) < 4.78 is 0. The summed E-state index contributed by atoms with van der Waals surface area (Å²) in [5, 5.41) is 5.83. The Morgan fingerprint density at radius 3 is 2.61 bits per heavy atom. The van der Waals surface area contributed by atoms with Crippen LogP contribution in [0.4, 0.5) is 0 Å². The topological polar surface area (TPSA) is 58.2 Å². The lowest BCUT2D eigenvalue weighted by atomic mass is 10.1. The maximum absolute atomic E-state index is 11.7. The number of hydrogen-bond acceptors (Lipinski definition) is 2. The number of amides is 2. The van der Waals surface area contributed by atoms with E-state index in [0.29, 0.717) is 11.6 Å². The molecule has 1 atom stereocenters. The number of likely N-dealkylation sites (N-methyl/N-ethyl adjacent to an activating group) is 1. The highest BCUT2D eigenvalue weighted by molar-refractivity contribution is 6.31. The van der Waals surface area contributed by atoms with E-state index < -0.39 is 6.04 Å². The van der Waals surface area contributed by atoms with Gasteiger partial charge in [-0.05, 0) is 25.5 Å². The minimum Gasteiger partial charge on any atom is -0.355 e. The molecule has 0 aliphatic rings. The second-order valence-corrected chi connectivity index (χ2v) is 4.36. The molecule has 1 aromatic carbocycles. The summed E-state index contributed by atoms with van der Waals surface area (Å²) in [7, 11) is 0. The zero-order valence-electron chi connectivity index (χ0n) is 10.5. The molecule has 0 heterocycles. The lowest BCUT2D eigenvalue weighted by molar-refractivity contribution is -0.128. The molecule has 2 amide bonds. The van der Waals surface area contributed by atoms with Crippen molar-refractivity contribution in [1.29, 1.82) is 0 Å². The highest BCUT2D eigenvalue weighted by atomic mass is 35.5. The van der Waals surface area contributed by atoms with Crippen molar-refractivity contribution in [3.8, 4) is 0 Å². The SMILES string of the molecule is CCNC(=O)[C@H](C)NC(=O)Cc1ccccc1Cl. The van der Waals surface area contributed by atoms with Gasteiger partial charge >= 0.3 is 0 Å². The smallest absolute Gasteiger partial charge is 0.242 e. The van der Waals surface area contributed by atoms with Crippen LogP contribution in [0.3, 0.4) is 0 Å². The highest BCUT2D eigenvalue weighted by Crippen LogP contribution is 2.15. The molecule has 0 fully saturated rings. The first kappa shape index (κ1) is 14.5. The molecule has 0 aliphatic carbocycles. The Morgan fingerprint density at radius 1 is 1.33 bits per heavy atom. The van der Waals surface area contributed by atoms with Crippen LogP contribution in [0.15, 0.2) is 24.3 Å². The molecule has 0 radical (unpaired) electrons. The van der Waals surface area contributed by atoms with Gasteiger partial charge in [0.05, 0.1) is 6.42 Å². The van der Waals surface area contributed by atoms with Crippen molar-refractivity contribution < 1.29 is 9.59 Å². The minimum atomic E-state index is -0.542. The van der Waals surface area contributed by atoms with E-state index >= 15 is 0 Å². The molecule has 5 heteroatoms. The second-order valence-electron chi connectivity index (χ2n) is 3.95. The summed E-state index contributed by atoms with van der Waals surface area (Å²) in [6.45, 7) is 4.02. The molecule has 1 rings (SSSR count). The number of halogens is 1. The standard InChI is InChI=1S/C13H17ClN2O2/c1-3-15-13(18)9(2)16-12(17)8-10-6-4-5-7-11(10)14/h4-7,9H,3,8H2,1-2H3,(H,15,18)(H,16,17)/t9-/m0/s1. The summed E-state index contributed by atoms with van der Waals surface area (Å²) >= 11 is 5.96. The lowest BCUT2D eigenvalue weighted by Gasteiger charge is -2.13. The summed E-state index contributed by atoms with van der Waals surface area (Å²) in [4.78, 5) is 23.2. The van der Waals surface area contributed by atoms with Gasteiger partial charge in [-0.15, -0.1) is 0 Å². The monoisotopic (exact) mass is 268 g/mol. The fraction of sp³-hybridized carbons (Fsp3) is 0.385. The number of rotatable bonds is 5. The normalized spacial score (nSPS) is 11.7. The average Bonchev–Trinajstić information content (AvgIpc) is 2.32. The van der Waals surface area contributed by atoms with E-state index in [2.05, 4.69) is 10.6 Å². The van der Waals surface area contributed by atoms with Crippen LogP contribution in [0.1, 0.15) is 19.4 Å². The van der Waals surface area contributed by atoms with Gasteiger partial charge in [0, 0.05) is 11.6 Å².